The Morgan fingerprint density at radius 3 is 3.18 bits per heavy atom. The molecular weight excluding hydrogens is 224 g/mol. The fourth-order valence-corrected chi connectivity index (χ4v) is 1.84. The van der Waals surface area contributed by atoms with E-state index in [0.29, 0.717) is 6.04 Å². The highest BCUT2D eigenvalue weighted by Crippen LogP contribution is 2.14. The average molecular weight is 235 g/mol. The molecule has 1 atom stereocenters. The van der Waals surface area contributed by atoms with Gasteiger partial charge in [0.2, 0.25) is 0 Å². The van der Waals surface area contributed by atoms with Gasteiger partial charge in [0.1, 0.15) is 0 Å². The summed E-state index contributed by atoms with van der Waals surface area (Å²) in [4.78, 5) is 4.30. The zero-order chi connectivity index (χ0) is 8.27. The third-order valence-electron chi connectivity index (χ3n) is 1.24. The van der Waals surface area contributed by atoms with Crippen molar-refractivity contribution in [3.05, 3.63) is 11.1 Å². The Hall–Kier alpha value is 0.0400. The molecule has 11 heavy (non-hydrogen) atoms. The molecule has 1 heterocycles. The summed E-state index contributed by atoms with van der Waals surface area (Å²) >= 11 is 4.99. The van der Waals surface area contributed by atoms with Gasteiger partial charge in [-0.2, -0.15) is 0 Å². The maximum absolute atomic E-state index is 4.30. The molecule has 0 aromatic carbocycles. The van der Waals surface area contributed by atoms with Crippen molar-refractivity contribution < 1.29 is 0 Å². The van der Waals surface area contributed by atoms with Gasteiger partial charge < -0.3 is 5.32 Å². The van der Waals surface area contributed by atoms with Gasteiger partial charge in [0, 0.05) is 11.8 Å². The summed E-state index contributed by atoms with van der Waals surface area (Å²) in [6.07, 6.45) is 0. The van der Waals surface area contributed by atoms with E-state index in [1.165, 1.54) is 0 Å². The highest BCUT2D eigenvalue weighted by Gasteiger charge is 2.11. The van der Waals surface area contributed by atoms with Crippen LogP contribution in [0.4, 0.5) is 0 Å². The van der Waals surface area contributed by atoms with Crippen molar-refractivity contribution in [3.63, 3.8) is 0 Å². The fourth-order valence-electron chi connectivity index (χ4n) is 0.756. The van der Waals surface area contributed by atoms with E-state index in [2.05, 4.69) is 39.7 Å². The van der Waals surface area contributed by atoms with Gasteiger partial charge in [-0.05, 0) is 11.4 Å². The molecule has 0 fully saturated rings. The Balaban J connectivity index is 2.23. The van der Waals surface area contributed by atoms with E-state index < -0.39 is 0 Å². The SMILES string of the molecule is C=C(Br)CSC1=NCC(C)N1. The third-order valence-corrected chi connectivity index (χ3v) is 2.91. The quantitative estimate of drug-likeness (QED) is 0.791. The Bertz CT molecular complexity index is 191. The van der Waals surface area contributed by atoms with Crippen molar-refractivity contribution in [2.45, 2.75) is 13.0 Å². The molecule has 1 N–H and O–H groups in total. The Morgan fingerprint density at radius 1 is 2.00 bits per heavy atom. The topological polar surface area (TPSA) is 24.4 Å². The molecule has 62 valence electrons. The molecule has 1 aliphatic rings. The molecule has 2 nitrogen and oxygen atoms in total. The second kappa shape index (κ2) is 4.16. The van der Waals surface area contributed by atoms with Gasteiger partial charge in [0.25, 0.3) is 0 Å². The van der Waals surface area contributed by atoms with Crippen LogP contribution in [0, 0.1) is 0 Å². The van der Waals surface area contributed by atoms with E-state index in [1.54, 1.807) is 11.8 Å². The van der Waals surface area contributed by atoms with Crippen molar-refractivity contribution >= 4 is 32.9 Å². The number of thioether (sulfide) groups is 1. The predicted octanol–water partition coefficient (Wildman–Crippen LogP) is 1.98. The normalized spacial score (nSPS) is 22.7. The molecule has 4 heteroatoms. The van der Waals surface area contributed by atoms with Crippen LogP contribution in [0.5, 0.6) is 0 Å². The smallest absolute Gasteiger partial charge is 0.157 e. The maximum atomic E-state index is 4.30. The monoisotopic (exact) mass is 234 g/mol. The lowest BCUT2D eigenvalue weighted by atomic mass is 10.4. The molecule has 0 saturated heterocycles. The summed E-state index contributed by atoms with van der Waals surface area (Å²) in [7, 11) is 0. The highest BCUT2D eigenvalue weighted by atomic mass is 79.9. The molecule has 0 amide bonds. The van der Waals surface area contributed by atoms with E-state index in [1.807, 2.05) is 0 Å². The van der Waals surface area contributed by atoms with Gasteiger partial charge in [0.15, 0.2) is 5.17 Å². The lowest BCUT2D eigenvalue weighted by molar-refractivity contribution is 0.728. The molecule has 0 saturated carbocycles. The van der Waals surface area contributed by atoms with E-state index in [0.717, 1.165) is 21.9 Å². The summed E-state index contributed by atoms with van der Waals surface area (Å²) in [5.74, 6) is 0.887. The minimum atomic E-state index is 0.501. The van der Waals surface area contributed by atoms with Crippen molar-refractivity contribution in [2.24, 2.45) is 4.99 Å². The predicted molar refractivity (Wildman–Crippen MR) is 55.4 cm³/mol. The first-order chi connectivity index (χ1) is 5.18. The molecule has 0 aromatic rings. The van der Waals surface area contributed by atoms with Crippen LogP contribution in [0.25, 0.3) is 0 Å². The summed E-state index contributed by atoms with van der Waals surface area (Å²) in [5, 5.41) is 4.30. The van der Waals surface area contributed by atoms with Crippen molar-refractivity contribution in [2.75, 3.05) is 12.3 Å². The molecule has 0 spiro atoms. The Labute approximate surface area is 79.7 Å². The van der Waals surface area contributed by atoms with E-state index in [-0.39, 0.29) is 0 Å². The molecule has 1 rings (SSSR count). The van der Waals surface area contributed by atoms with Crippen LogP contribution in [-0.4, -0.2) is 23.5 Å². The van der Waals surface area contributed by atoms with Crippen LogP contribution in [-0.2, 0) is 0 Å². The van der Waals surface area contributed by atoms with E-state index >= 15 is 0 Å². The molecule has 1 aliphatic heterocycles. The van der Waals surface area contributed by atoms with Gasteiger partial charge >= 0.3 is 0 Å². The second-order valence-electron chi connectivity index (χ2n) is 2.50. The minimum absolute atomic E-state index is 0.501. The lowest BCUT2D eigenvalue weighted by Crippen LogP contribution is -2.25. The first kappa shape index (κ1) is 9.13. The third kappa shape index (κ3) is 3.29. The van der Waals surface area contributed by atoms with Crippen molar-refractivity contribution in [1.82, 2.24) is 5.32 Å². The first-order valence-corrected chi connectivity index (χ1v) is 5.23. The van der Waals surface area contributed by atoms with Crippen LogP contribution in [0.1, 0.15) is 6.92 Å². The van der Waals surface area contributed by atoms with E-state index in [4.69, 9.17) is 0 Å². The van der Waals surface area contributed by atoms with Crippen LogP contribution in [0.3, 0.4) is 0 Å². The number of nitrogens with one attached hydrogen (secondary N) is 1. The van der Waals surface area contributed by atoms with Gasteiger partial charge in [-0.3, -0.25) is 4.99 Å². The van der Waals surface area contributed by atoms with Gasteiger partial charge in [-0.15, -0.1) is 0 Å². The van der Waals surface area contributed by atoms with Crippen LogP contribution in [0.2, 0.25) is 0 Å². The maximum Gasteiger partial charge on any atom is 0.157 e. The standard InChI is InChI=1S/C7H11BrN2S/c1-5(8)4-11-7-9-3-6(2)10-7/h6H,1,3-4H2,2H3,(H,9,10). The Kier molecular flexibility index (Phi) is 3.45. The number of halogens is 1. The zero-order valence-corrected chi connectivity index (χ0v) is 8.83. The molecule has 0 aliphatic carbocycles. The first-order valence-electron chi connectivity index (χ1n) is 3.45. The van der Waals surface area contributed by atoms with E-state index in [9.17, 15) is 0 Å². The van der Waals surface area contributed by atoms with Gasteiger partial charge in [-0.1, -0.05) is 34.3 Å². The van der Waals surface area contributed by atoms with Crippen molar-refractivity contribution in [3.8, 4) is 0 Å². The molecule has 0 radical (unpaired) electrons. The number of nitrogens with zero attached hydrogens (tertiary/aromatic N) is 1. The minimum Gasteiger partial charge on any atom is -0.361 e. The molecule has 0 aromatic heterocycles. The summed E-state index contributed by atoms with van der Waals surface area (Å²) < 4.78 is 1.01. The number of rotatable bonds is 2. The molecule has 0 bridgehead atoms. The lowest BCUT2D eigenvalue weighted by Gasteiger charge is -2.03. The summed E-state index contributed by atoms with van der Waals surface area (Å²) in [5.41, 5.74) is 0. The molecule has 1 unspecified atom stereocenters. The van der Waals surface area contributed by atoms with Crippen LogP contribution < -0.4 is 5.32 Å². The summed E-state index contributed by atoms with van der Waals surface area (Å²) in [6.45, 7) is 6.77. The fraction of sp³-hybridized carbons (Fsp3) is 0.571. The number of hydrogen-bond donors (Lipinski definition) is 1. The molecular formula is C7H11BrN2S. The number of amidine groups is 1. The number of hydrogen-bond acceptors (Lipinski definition) is 3. The second-order valence-corrected chi connectivity index (χ2v) is 4.58. The number of aliphatic imine (C=N–C) groups is 1. The Morgan fingerprint density at radius 2 is 2.73 bits per heavy atom. The van der Waals surface area contributed by atoms with Crippen molar-refractivity contribution in [1.29, 1.82) is 0 Å². The van der Waals surface area contributed by atoms with Crippen LogP contribution in [0.15, 0.2) is 16.1 Å². The largest absolute Gasteiger partial charge is 0.361 e. The van der Waals surface area contributed by atoms with Gasteiger partial charge in [0.05, 0.1) is 6.54 Å². The van der Waals surface area contributed by atoms with Gasteiger partial charge in [-0.25, -0.2) is 0 Å². The average Bonchev–Trinajstić information content (AvgIpc) is 2.31. The zero-order valence-electron chi connectivity index (χ0n) is 6.43. The highest BCUT2D eigenvalue weighted by molar-refractivity contribution is 9.11. The van der Waals surface area contributed by atoms with Crippen LogP contribution >= 0.6 is 27.7 Å². The summed E-state index contributed by atoms with van der Waals surface area (Å²) in [6, 6.07) is 0.501.